The lowest BCUT2D eigenvalue weighted by atomic mass is 10.1. The summed E-state index contributed by atoms with van der Waals surface area (Å²) in [4.78, 5) is 21.8. The van der Waals surface area contributed by atoms with Crippen molar-refractivity contribution in [3.63, 3.8) is 0 Å². The molecule has 0 amide bonds. The van der Waals surface area contributed by atoms with E-state index in [0.29, 0.717) is 6.54 Å². The number of benzene rings is 2. The fourth-order valence-electron chi connectivity index (χ4n) is 3.50. The van der Waals surface area contributed by atoms with Gasteiger partial charge in [-0.05, 0) is 17.7 Å². The van der Waals surface area contributed by atoms with Gasteiger partial charge in [-0.15, -0.1) is 0 Å². The molecule has 1 aliphatic heterocycles. The Kier molecular flexibility index (Phi) is 4.29. The zero-order valence-corrected chi connectivity index (χ0v) is 14.0. The van der Waals surface area contributed by atoms with Gasteiger partial charge in [-0.2, -0.15) is 0 Å². The first-order valence-electron chi connectivity index (χ1n) is 8.62. The average Bonchev–Trinajstić information content (AvgIpc) is 3.03. The number of β-amino-alcohol motifs (C(OH)–C–C–N with tert-alkyl or cyclic N) is 1. The van der Waals surface area contributed by atoms with Crippen LogP contribution in [0.5, 0.6) is 0 Å². The second kappa shape index (κ2) is 6.74. The number of aromatic nitrogens is 2. The molecule has 0 unspecified atom stereocenters. The van der Waals surface area contributed by atoms with Crippen LogP contribution in [0, 0.1) is 0 Å². The Bertz CT molecular complexity index is 894. The van der Waals surface area contributed by atoms with Crippen LogP contribution in [0.15, 0.2) is 53.3 Å². The molecule has 0 aliphatic carbocycles. The van der Waals surface area contributed by atoms with Crippen LogP contribution >= 0.6 is 0 Å². The number of hydrogen-bond donors (Lipinski definition) is 3. The maximum atomic E-state index is 11.6. The number of aromatic amines is 2. The maximum absolute atomic E-state index is 11.6. The average molecular weight is 338 g/mol. The van der Waals surface area contributed by atoms with E-state index in [-0.39, 0.29) is 5.69 Å². The summed E-state index contributed by atoms with van der Waals surface area (Å²) in [6, 6.07) is 15.7. The number of imidazole rings is 1. The minimum atomic E-state index is -0.461. The third kappa shape index (κ3) is 3.31. The minimum Gasteiger partial charge on any atom is -0.387 e. The van der Waals surface area contributed by atoms with Gasteiger partial charge in [0, 0.05) is 32.7 Å². The van der Waals surface area contributed by atoms with Crippen molar-refractivity contribution in [2.45, 2.75) is 6.10 Å². The molecule has 1 fully saturated rings. The molecular weight excluding hydrogens is 316 g/mol. The smallest absolute Gasteiger partial charge is 0.323 e. The zero-order valence-electron chi connectivity index (χ0n) is 14.0. The summed E-state index contributed by atoms with van der Waals surface area (Å²) in [6.07, 6.45) is -0.461. The number of fused-ring (bicyclic) bond motifs is 1. The number of aliphatic hydroxyl groups excluding tert-OH is 1. The minimum absolute atomic E-state index is 0.174. The Morgan fingerprint density at radius 2 is 1.72 bits per heavy atom. The highest BCUT2D eigenvalue weighted by Crippen LogP contribution is 2.24. The maximum Gasteiger partial charge on any atom is 0.323 e. The molecule has 3 N–H and O–H groups in total. The topological polar surface area (TPSA) is 75.4 Å². The number of piperazine rings is 1. The highest BCUT2D eigenvalue weighted by molar-refractivity contribution is 5.88. The molecule has 1 aliphatic rings. The lowest BCUT2D eigenvalue weighted by Crippen LogP contribution is -2.47. The van der Waals surface area contributed by atoms with Crippen molar-refractivity contribution in [3.05, 3.63) is 64.6 Å². The summed E-state index contributed by atoms with van der Waals surface area (Å²) in [7, 11) is 0. The zero-order chi connectivity index (χ0) is 17.2. The molecule has 6 heteroatoms. The molecule has 1 aromatic heterocycles. The third-order valence-corrected chi connectivity index (χ3v) is 4.86. The van der Waals surface area contributed by atoms with Crippen molar-refractivity contribution >= 4 is 16.7 Å². The van der Waals surface area contributed by atoms with Gasteiger partial charge in [0.1, 0.15) is 0 Å². The molecule has 6 nitrogen and oxygen atoms in total. The van der Waals surface area contributed by atoms with Crippen LogP contribution in [0.1, 0.15) is 11.7 Å². The first-order valence-corrected chi connectivity index (χ1v) is 8.62. The van der Waals surface area contributed by atoms with E-state index >= 15 is 0 Å². The Hall–Kier alpha value is -2.57. The molecule has 0 bridgehead atoms. The number of nitrogens with one attached hydrogen (secondary N) is 2. The van der Waals surface area contributed by atoms with Crippen LogP contribution in [-0.2, 0) is 0 Å². The van der Waals surface area contributed by atoms with Crippen molar-refractivity contribution in [2.75, 3.05) is 37.6 Å². The molecule has 25 heavy (non-hydrogen) atoms. The van der Waals surface area contributed by atoms with Gasteiger partial charge in [0.15, 0.2) is 0 Å². The summed E-state index contributed by atoms with van der Waals surface area (Å²) >= 11 is 0. The summed E-state index contributed by atoms with van der Waals surface area (Å²) in [5.41, 5.74) is 3.54. The van der Waals surface area contributed by atoms with Gasteiger partial charge < -0.3 is 20.0 Å². The van der Waals surface area contributed by atoms with Gasteiger partial charge in [0.2, 0.25) is 0 Å². The standard InChI is InChI=1S/C19H22N4O2/c24-17(14-5-2-1-3-6-14)13-22-9-11-23(12-10-22)16-8-4-7-15-18(16)21-19(25)20-15/h1-8,17,24H,9-13H2,(H2,20,21,25)/t17-/m1/s1. The molecule has 2 heterocycles. The van der Waals surface area contributed by atoms with Gasteiger partial charge in [-0.25, -0.2) is 4.79 Å². The van der Waals surface area contributed by atoms with E-state index in [4.69, 9.17) is 0 Å². The van der Waals surface area contributed by atoms with Crippen LogP contribution in [0.25, 0.3) is 11.0 Å². The second-order valence-electron chi connectivity index (χ2n) is 6.49. The van der Waals surface area contributed by atoms with Crippen molar-refractivity contribution in [2.24, 2.45) is 0 Å². The number of H-pyrrole nitrogens is 2. The normalized spacial score (nSPS) is 17.1. The molecule has 0 radical (unpaired) electrons. The Labute approximate surface area is 145 Å². The fraction of sp³-hybridized carbons (Fsp3) is 0.316. The SMILES string of the molecule is O=c1[nH]c2cccc(N3CCN(C[C@@H](O)c4ccccc4)CC3)c2[nH]1. The summed E-state index contributed by atoms with van der Waals surface area (Å²) in [5, 5.41) is 10.4. The monoisotopic (exact) mass is 338 g/mol. The van der Waals surface area contributed by atoms with E-state index in [1.54, 1.807) is 0 Å². The molecule has 3 aromatic rings. The van der Waals surface area contributed by atoms with Crippen molar-refractivity contribution in [1.29, 1.82) is 0 Å². The summed E-state index contributed by atoms with van der Waals surface area (Å²) in [6.45, 7) is 4.15. The Morgan fingerprint density at radius 1 is 0.960 bits per heavy atom. The predicted octanol–water partition coefficient (Wildman–Crippen LogP) is 1.71. The van der Waals surface area contributed by atoms with E-state index in [0.717, 1.165) is 48.5 Å². The Morgan fingerprint density at radius 3 is 2.48 bits per heavy atom. The molecule has 4 rings (SSSR count). The molecule has 1 saturated heterocycles. The van der Waals surface area contributed by atoms with Crippen molar-refractivity contribution in [3.8, 4) is 0 Å². The number of rotatable bonds is 4. The quantitative estimate of drug-likeness (QED) is 0.677. The van der Waals surface area contributed by atoms with E-state index in [9.17, 15) is 9.90 Å². The number of nitrogens with zero attached hydrogens (tertiary/aromatic N) is 2. The molecule has 0 saturated carbocycles. The first-order chi connectivity index (χ1) is 12.2. The van der Waals surface area contributed by atoms with E-state index in [1.165, 1.54) is 0 Å². The number of hydrogen-bond acceptors (Lipinski definition) is 4. The highest BCUT2D eigenvalue weighted by atomic mass is 16.3. The van der Waals surface area contributed by atoms with Crippen LogP contribution in [-0.4, -0.2) is 52.7 Å². The van der Waals surface area contributed by atoms with Crippen LogP contribution in [0.2, 0.25) is 0 Å². The largest absolute Gasteiger partial charge is 0.387 e. The van der Waals surface area contributed by atoms with Crippen molar-refractivity contribution in [1.82, 2.24) is 14.9 Å². The van der Waals surface area contributed by atoms with Gasteiger partial charge >= 0.3 is 5.69 Å². The molecular formula is C19H22N4O2. The molecule has 1 atom stereocenters. The van der Waals surface area contributed by atoms with Gasteiger partial charge in [0.05, 0.1) is 22.8 Å². The van der Waals surface area contributed by atoms with Crippen LogP contribution in [0.4, 0.5) is 5.69 Å². The van der Waals surface area contributed by atoms with Gasteiger partial charge in [0.25, 0.3) is 0 Å². The van der Waals surface area contributed by atoms with E-state index in [2.05, 4.69) is 19.8 Å². The number of anilines is 1. The first kappa shape index (κ1) is 15.9. The Balaban J connectivity index is 1.42. The molecule has 0 spiro atoms. The fourth-order valence-corrected chi connectivity index (χ4v) is 3.50. The second-order valence-corrected chi connectivity index (χ2v) is 6.49. The molecule has 130 valence electrons. The van der Waals surface area contributed by atoms with Crippen LogP contribution < -0.4 is 10.6 Å². The lowest BCUT2D eigenvalue weighted by molar-refractivity contribution is 0.109. The van der Waals surface area contributed by atoms with Crippen molar-refractivity contribution < 1.29 is 5.11 Å². The summed E-state index contributed by atoms with van der Waals surface area (Å²) in [5.74, 6) is 0. The lowest BCUT2D eigenvalue weighted by Gasteiger charge is -2.37. The van der Waals surface area contributed by atoms with Gasteiger partial charge in [-0.3, -0.25) is 4.90 Å². The predicted molar refractivity (Wildman–Crippen MR) is 99.0 cm³/mol. The highest BCUT2D eigenvalue weighted by Gasteiger charge is 2.21. The number of para-hydroxylation sites is 1. The third-order valence-electron chi connectivity index (χ3n) is 4.86. The molecule has 2 aromatic carbocycles. The van der Waals surface area contributed by atoms with E-state index < -0.39 is 6.10 Å². The van der Waals surface area contributed by atoms with Gasteiger partial charge in [-0.1, -0.05) is 36.4 Å². The summed E-state index contributed by atoms with van der Waals surface area (Å²) < 4.78 is 0. The van der Waals surface area contributed by atoms with Crippen LogP contribution in [0.3, 0.4) is 0 Å². The number of aliphatic hydroxyl groups is 1. The van der Waals surface area contributed by atoms with E-state index in [1.807, 2.05) is 48.5 Å².